The van der Waals surface area contributed by atoms with Crippen molar-refractivity contribution in [2.24, 2.45) is 0 Å². The Morgan fingerprint density at radius 1 is 0.909 bits per heavy atom. The molecule has 2 aromatic carbocycles. The molecule has 22 heavy (non-hydrogen) atoms. The molecule has 110 valence electrons. The highest BCUT2D eigenvalue weighted by atomic mass is 35.5. The number of carbonyl (C=O) groups is 1. The second-order valence-electron chi connectivity index (χ2n) is 4.61. The van der Waals surface area contributed by atoms with Crippen molar-refractivity contribution in [1.82, 2.24) is 4.98 Å². The average Bonchev–Trinajstić information content (AvgIpc) is 2.49. The van der Waals surface area contributed by atoms with Crippen molar-refractivity contribution >= 4 is 51.5 Å². The Morgan fingerprint density at radius 2 is 1.64 bits per heavy atom. The van der Waals surface area contributed by atoms with Crippen molar-refractivity contribution in [1.29, 1.82) is 0 Å². The Hall–Kier alpha value is -2.30. The van der Waals surface area contributed by atoms with Gasteiger partial charge >= 0.3 is 6.03 Å². The Labute approximate surface area is 137 Å². The number of halogens is 2. The molecule has 1 aromatic heterocycles. The monoisotopic (exact) mass is 331 g/mol. The summed E-state index contributed by atoms with van der Waals surface area (Å²) in [6, 6.07) is 13.6. The fourth-order valence-electron chi connectivity index (χ4n) is 2.05. The maximum absolute atomic E-state index is 12.1. The van der Waals surface area contributed by atoms with E-state index in [0.717, 1.165) is 10.9 Å². The second kappa shape index (κ2) is 6.22. The molecule has 0 aliphatic rings. The van der Waals surface area contributed by atoms with Gasteiger partial charge in [-0.25, -0.2) is 4.79 Å². The van der Waals surface area contributed by atoms with Crippen molar-refractivity contribution in [3.8, 4) is 0 Å². The number of nitrogens with zero attached hydrogens (tertiary/aromatic N) is 1. The highest BCUT2D eigenvalue weighted by Crippen LogP contribution is 2.24. The van der Waals surface area contributed by atoms with Crippen LogP contribution >= 0.6 is 23.2 Å². The SMILES string of the molecule is O=C(Nc1ccc(Cl)cc1)Nc1ccnc2cc(Cl)ccc12. The molecule has 0 aliphatic heterocycles. The molecule has 0 aliphatic carbocycles. The van der Waals surface area contributed by atoms with E-state index in [1.165, 1.54) is 0 Å². The zero-order chi connectivity index (χ0) is 15.5. The predicted octanol–water partition coefficient (Wildman–Crippen LogP) is 5.19. The molecule has 0 saturated carbocycles. The summed E-state index contributed by atoms with van der Waals surface area (Å²) in [6.45, 7) is 0. The first kappa shape index (κ1) is 14.6. The van der Waals surface area contributed by atoms with Crippen molar-refractivity contribution < 1.29 is 4.79 Å². The van der Waals surface area contributed by atoms with Crippen molar-refractivity contribution in [2.45, 2.75) is 0 Å². The quantitative estimate of drug-likeness (QED) is 0.679. The van der Waals surface area contributed by atoms with Crippen LogP contribution < -0.4 is 10.6 Å². The predicted molar refractivity (Wildman–Crippen MR) is 90.8 cm³/mol. The van der Waals surface area contributed by atoms with Crippen LogP contribution in [0.25, 0.3) is 10.9 Å². The largest absolute Gasteiger partial charge is 0.323 e. The fourth-order valence-corrected chi connectivity index (χ4v) is 2.34. The lowest BCUT2D eigenvalue weighted by molar-refractivity contribution is 0.262. The van der Waals surface area contributed by atoms with Crippen molar-refractivity contribution in [3.63, 3.8) is 0 Å². The van der Waals surface area contributed by atoms with E-state index in [9.17, 15) is 4.79 Å². The van der Waals surface area contributed by atoms with Gasteiger partial charge < -0.3 is 10.6 Å². The molecule has 0 radical (unpaired) electrons. The van der Waals surface area contributed by atoms with E-state index in [1.807, 2.05) is 6.07 Å². The van der Waals surface area contributed by atoms with Crippen LogP contribution in [0.3, 0.4) is 0 Å². The van der Waals surface area contributed by atoms with Gasteiger partial charge in [0.1, 0.15) is 0 Å². The van der Waals surface area contributed by atoms with Gasteiger partial charge in [0.2, 0.25) is 0 Å². The van der Waals surface area contributed by atoms with Gasteiger partial charge in [0.25, 0.3) is 0 Å². The molecule has 0 bridgehead atoms. The summed E-state index contributed by atoms with van der Waals surface area (Å²) in [7, 11) is 0. The number of carbonyl (C=O) groups excluding carboxylic acids is 1. The molecule has 0 saturated heterocycles. The number of fused-ring (bicyclic) bond motifs is 1. The van der Waals surface area contributed by atoms with Gasteiger partial charge in [0, 0.05) is 27.3 Å². The molecule has 0 fully saturated rings. The Morgan fingerprint density at radius 3 is 2.41 bits per heavy atom. The average molecular weight is 332 g/mol. The third kappa shape index (κ3) is 3.30. The number of rotatable bonds is 2. The summed E-state index contributed by atoms with van der Waals surface area (Å²) >= 11 is 11.8. The smallest absolute Gasteiger partial charge is 0.308 e. The summed E-state index contributed by atoms with van der Waals surface area (Å²) < 4.78 is 0. The number of hydrogen-bond acceptors (Lipinski definition) is 2. The summed E-state index contributed by atoms with van der Waals surface area (Å²) in [5.74, 6) is 0. The molecule has 0 atom stereocenters. The summed E-state index contributed by atoms with van der Waals surface area (Å²) in [5.41, 5.74) is 2.04. The first-order valence-electron chi connectivity index (χ1n) is 6.50. The van der Waals surface area contributed by atoms with Gasteiger partial charge in [-0.15, -0.1) is 0 Å². The lowest BCUT2D eigenvalue weighted by atomic mass is 10.2. The lowest BCUT2D eigenvalue weighted by Crippen LogP contribution is -2.19. The molecule has 2 amide bonds. The molecular formula is C16H11Cl2N3O. The normalized spacial score (nSPS) is 10.5. The van der Waals surface area contributed by atoms with Crippen LogP contribution in [0, 0.1) is 0 Å². The van der Waals surface area contributed by atoms with E-state index in [-0.39, 0.29) is 6.03 Å². The van der Waals surface area contributed by atoms with Crippen LogP contribution in [0.4, 0.5) is 16.2 Å². The van der Waals surface area contributed by atoms with E-state index in [1.54, 1.807) is 48.7 Å². The minimum atomic E-state index is -0.343. The maximum Gasteiger partial charge on any atom is 0.323 e. The van der Waals surface area contributed by atoms with Gasteiger partial charge in [0.05, 0.1) is 11.2 Å². The number of pyridine rings is 1. The van der Waals surface area contributed by atoms with Crippen LogP contribution in [0.2, 0.25) is 10.0 Å². The van der Waals surface area contributed by atoms with E-state index >= 15 is 0 Å². The number of benzene rings is 2. The van der Waals surface area contributed by atoms with Crippen LogP contribution in [-0.2, 0) is 0 Å². The van der Waals surface area contributed by atoms with Gasteiger partial charge in [0.15, 0.2) is 0 Å². The van der Waals surface area contributed by atoms with Crippen LogP contribution in [-0.4, -0.2) is 11.0 Å². The van der Waals surface area contributed by atoms with E-state index in [4.69, 9.17) is 23.2 Å². The minimum Gasteiger partial charge on any atom is -0.308 e. The number of urea groups is 1. The zero-order valence-corrected chi connectivity index (χ0v) is 12.8. The fraction of sp³-hybridized carbons (Fsp3) is 0. The first-order valence-corrected chi connectivity index (χ1v) is 7.25. The molecule has 1 heterocycles. The molecular weight excluding hydrogens is 321 g/mol. The molecule has 4 nitrogen and oxygen atoms in total. The van der Waals surface area contributed by atoms with Crippen LogP contribution in [0.15, 0.2) is 54.7 Å². The van der Waals surface area contributed by atoms with Crippen molar-refractivity contribution in [2.75, 3.05) is 10.6 Å². The van der Waals surface area contributed by atoms with Gasteiger partial charge in [-0.1, -0.05) is 23.2 Å². The van der Waals surface area contributed by atoms with Crippen molar-refractivity contribution in [3.05, 3.63) is 64.8 Å². The topological polar surface area (TPSA) is 54.0 Å². The standard InChI is InChI=1S/C16H11Cl2N3O/c17-10-1-4-12(5-2-10)20-16(22)21-14-7-8-19-15-9-11(18)3-6-13(14)15/h1-9H,(H2,19,20,21,22). The molecule has 6 heteroatoms. The van der Waals surface area contributed by atoms with Gasteiger partial charge in [-0.2, -0.15) is 0 Å². The zero-order valence-electron chi connectivity index (χ0n) is 11.3. The lowest BCUT2D eigenvalue weighted by Gasteiger charge is -2.10. The van der Waals surface area contributed by atoms with E-state index in [0.29, 0.717) is 21.4 Å². The molecule has 3 rings (SSSR count). The van der Waals surface area contributed by atoms with Crippen LogP contribution in [0.1, 0.15) is 0 Å². The van der Waals surface area contributed by atoms with Gasteiger partial charge in [-0.05, 0) is 48.5 Å². The summed E-state index contributed by atoms with van der Waals surface area (Å²) in [5, 5.41) is 7.57. The van der Waals surface area contributed by atoms with Gasteiger partial charge in [-0.3, -0.25) is 4.98 Å². The Kier molecular flexibility index (Phi) is 4.13. The van der Waals surface area contributed by atoms with E-state index < -0.39 is 0 Å². The van der Waals surface area contributed by atoms with E-state index in [2.05, 4.69) is 15.6 Å². The Balaban J connectivity index is 1.80. The molecule has 0 unspecified atom stereocenters. The second-order valence-corrected chi connectivity index (χ2v) is 5.48. The molecule has 2 N–H and O–H groups in total. The molecule has 3 aromatic rings. The minimum absolute atomic E-state index is 0.343. The highest BCUT2D eigenvalue weighted by molar-refractivity contribution is 6.31. The number of aromatic nitrogens is 1. The molecule has 0 spiro atoms. The number of hydrogen-bond donors (Lipinski definition) is 2. The number of nitrogens with one attached hydrogen (secondary N) is 2. The first-order chi connectivity index (χ1) is 10.6. The third-order valence-electron chi connectivity index (χ3n) is 3.06. The highest BCUT2D eigenvalue weighted by Gasteiger charge is 2.07. The third-order valence-corrected chi connectivity index (χ3v) is 3.54. The Bertz CT molecular complexity index is 834. The number of amides is 2. The van der Waals surface area contributed by atoms with Crippen LogP contribution in [0.5, 0.6) is 0 Å². The summed E-state index contributed by atoms with van der Waals surface area (Å²) in [6.07, 6.45) is 1.62. The maximum atomic E-state index is 12.1. The number of anilines is 2. The summed E-state index contributed by atoms with van der Waals surface area (Å²) in [4.78, 5) is 16.3.